The molecule has 3 nitrogen and oxygen atoms in total. The summed E-state index contributed by atoms with van der Waals surface area (Å²) in [6, 6.07) is 11.6. The minimum Gasteiger partial charge on any atom is -0.489 e. The van der Waals surface area contributed by atoms with Gasteiger partial charge in [-0.25, -0.2) is 4.39 Å². The minimum absolute atomic E-state index is 0.215. The smallest absolute Gasteiger partial charge is 0.127 e. The van der Waals surface area contributed by atoms with Crippen molar-refractivity contribution in [3.05, 3.63) is 63.9 Å². The van der Waals surface area contributed by atoms with E-state index in [0.29, 0.717) is 22.9 Å². The van der Waals surface area contributed by atoms with Crippen molar-refractivity contribution in [1.29, 1.82) is 5.26 Å². The molecule has 0 radical (unpaired) electrons. The van der Waals surface area contributed by atoms with Crippen LogP contribution in [0.25, 0.3) is 0 Å². The lowest BCUT2D eigenvalue weighted by Gasteiger charge is -2.10. The molecule has 2 rings (SSSR count). The molecular formula is C16H14ClFN2O. The molecule has 0 bridgehead atoms. The normalized spacial score (nSPS) is 10.2. The fraction of sp³-hybridized carbons (Fsp3) is 0.188. The molecule has 0 aliphatic carbocycles. The number of halogens is 2. The van der Waals surface area contributed by atoms with Crippen LogP contribution < -0.4 is 10.1 Å². The van der Waals surface area contributed by atoms with Crippen molar-refractivity contribution < 1.29 is 9.13 Å². The van der Waals surface area contributed by atoms with E-state index in [1.807, 2.05) is 6.07 Å². The number of benzene rings is 2. The summed E-state index contributed by atoms with van der Waals surface area (Å²) in [4.78, 5) is 0. The average Bonchev–Trinajstić information content (AvgIpc) is 2.45. The molecule has 21 heavy (non-hydrogen) atoms. The second kappa shape index (κ2) is 7.07. The number of nitrogens with zero attached hydrogens (tertiary/aromatic N) is 1. The molecule has 0 aliphatic heterocycles. The van der Waals surface area contributed by atoms with Crippen LogP contribution in [0.3, 0.4) is 0 Å². The van der Waals surface area contributed by atoms with Crippen LogP contribution >= 0.6 is 11.6 Å². The summed E-state index contributed by atoms with van der Waals surface area (Å²) >= 11 is 6.07. The van der Waals surface area contributed by atoms with Crippen molar-refractivity contribution in [3.8, 4) is 11.8 Å². The highest BCUT2D eigenvalue weighted by Crippen LogP contribution is 2.22. The molecule has 0 spiro atoms. The van der Waals surface area contributed by atoms with Crippen LogP contribution in [0.5, 0.6) is 5.75 Å². The van der Waals surface area contributed by atoms with E-state index in [4.69, 9.17) is 21.6 Å². The van der Waals surface area contributed by atoms with E-state index >= 15 is 0 Å². The first-order valence-corrected chi connectivity index (χ1v) is 6.75. The van der Waals surface area contributed by atoms with E-state index in [9.17, 15) is 4.39 Å². The maximum absolute atomic E-state index is 13.5. The summed E-state index contributed by atoms with van der Waals surface area (Å²) in [6.07, 6.45) is 0. The largest absolute Gasteiger partial charge is 0.489 e. The molecule has 0 aromatic heterocycles. The number of nitriles is 1. The Hall–Kier alpha value is -2.09. The van der Waals surface area contributed by atoms with Crippen molar-refractivity contribution in [2.75, 3.05) is 7.05 Å². The third-order valence-electron chi connectivity index (χ3n) is 2.89. The summed E-state index contributed by atoms with van der Waals surface area (Å²) in [7, 11) is 1.79. The monoisotopic (exact) mass is 304 g/mol. The summed E-state index contributed by atoms with van der Waals surface area (Å²) < 4.78 is 19.1. The zero-order valence-corrected chi connectivity index (χ0v) is 12.2. The summed E-state index contributed by atoms with van der Waals surface area (Å²) in [6.45, 7) is 0.777. The first-order chi connectivity index (χ1) is 10.1. The zero-order chi connectivity index (χ0) is 15.2. The van der Waals surface area contributed by atoms with Gasteiger partial charge in [0, 0.05) is 23.2 Å². The van der Waals surface area contributed by atoms with Gasteiger partial charge in [-0.3, -0.25) is 0 Å². The Kier molecular flexibility index (Phi) is 5.15. The molecule has 0 aliphatic rings. The molecule has 2 aromatic carbocycles. The van der Waals surface area contributed by atoms with Crippen LogP contribution in [0.15, 0.2) is 36.4 Å². The van der Waals surface area contributed by atoms with Crippen molar-refractivity contribution in [1.82, 2.24) is 5.32 Å². The van der Waals surface area contributed by atoms with Gasteiger partial charge in [-0.15, -0.1) is 0 Å². The first-order valence-electron chi connectivity index (χ1n) is 6.38. The van der Waals surface area contributed by atoms with Gasteiger partial charge in [-0.1, -0.05) is 17.7 Å². The van der Waals surface area contributed by atoms with E-state index < -0.39 is 0 Å². The number of nitrogens with one attached hydrogen (secondary N) is 1. The average molecular weight is 305 g/mol. The Morgan fingerprint density at radius 1 is 1.29 bits per heavy atom. The quantitative estimate of drug-likeness (QED) is 0.917. The Balaban J connectivity index is 2.11. The van der Waals surface area contributed by atoms with Crippen molar-refractivity contribution >= 4 is 11.6 Å². The predicted molar refractivity (Wildman–Crippen MR) is 79.7 cm³/mol. The third kappa shape index (κ3) is 4.19. The number of hydrogen-bond acceptors (Lipinski definition) is 3. The molecule has 0 unspecified atom stereocenters. The van der Waals surface area contributed by atoms with Crippen LogP contribution in [0, 0.1) is 17.1 Å². The molecule has 0 atom stereocenters. The molecule has 108 valence electrons. The van der Waals surface area contributed by atoms with E-state index in [2.05, 4.69) is 5.32 Å². The Morgan fingerprint density at radius 2 is 2.10 bits per heavy atom. The molecule has 1 N–H and O–H groups in total. The second-order valence-electron chi connectivity index (χ2n) is 4.53. The van der Waals surface area contributed by atoms with Gasteiger partial charge in [0.15, 0.2) is 0 Å². The number of rotatable bonds is 5. The summed E-state index contributed by atoms with van der Waals surface area (Å²) in [5, 5.41) is 12.2. The molecule has 0 saturated carbocycles. The first kappa shape index (κ1) is 15.3. The van der Waals surface area contributed by atoms with Crippen LogP contribution in [0.2, 0.25) is 5.02 Å². The molecule has 5 heteroatoms. The fourth-order valence-electron chi connectivity index (χ4n) is 1.91. The lowest BCUT2D eigenvalue weighted by molar-refractivity contribution is 0.304. The highest BCUT2D eigenvalue weighted by Gasteiger charge is 2.05. The van der Waals surface area contributed by atoms with E-state index in [-0.39, 0.29) is 12.4 Å². The van der Waals surface area contributed by atoms with Crippen LogP contribution in [-0.2, 0) is 13.2 Å². The molecule has 0 fully saturated rings. The molecular weight excluding hydrogens is 291 g/mol. The summed E-state index contributed by atoms with van der Waals surface area (Å²) in [5.74, 6) is 0.101. The van der Waals surface area contributed by atoms with Gasteiger partial charge in [-0.05, 0) is 36.9 Å². The van der Waals surface area contributed by atoms with Crippen LogP contribution in [0.4, 0.5) is 4.39 Å². The van der Waals surface area contributed by atoms with Gasteiger partial charge in [0.2, 0.25) is 0 Å². The lowest BCUT2D eigenvalue weighted by Crippen LogP contribution is -2.06. The highest BCUT2D eigenvalue weighted by molar-refractivity contribution is 6.31. The second-order valence-corrected chi connectivity index (χ2v) is 4.94. The van der Waals surface area contributed by atoms with Gasteiger partial charge in [-0.2, -0.15) is 5.26 Å². The standard InChI is InChI=1S/C16H14ClFN2O/c1-20-9-12-4-14(18)7-15(5-12)21-10-13-3-2-11(8-19)6-16(13)17/h2-7,20H,9-10H2,1H3. The predicted octanol–water partition coefficient (Wildman–Crippen LogP) is 3.65. The maximum atomic E-state index is 13.5. The van der Waals surface area contributed by atoms with E-state index in [1.165, 1.54) is 12.1 Å². The third-order valence-corrected chi connectivity index (χ3v) is 3.24. The van der Waals surface area contributed by atoms with Crippen LogP contribution in [0.1, 0.15) is 16.7 Å². The maximum Gasteiger partial charge on any atom is 0.127 e. The topological polar surface area (TPSA) is 45.0 Å². The Labute approximate surface area is 127 Å². The SMILES string of the molecule is CNCc1cc(F)cc(OCc2ccc(C#N)cc2Cl)c1. The van der Waals surface area contributed by atoms with Crippen molar-refractivity contribution in [2.24, 2.45) is 0 Å². The van der Waals surface area contributed by atoms with Crippen LogP contribution in [-0.4, -0.2) is 7.05 Å². The molecule has 0 heterocycles. The number of ether oxygens (including phenoxy) is 1. The Morgan fingerprint density at radius 3 is 2.76 bits per heavy atom. The van der Waals surface area contributed by atoms with E-state index in [1.54, 1.807) is 31.3 Å². The lowest BCUT2D eigenvalue weighted by atomic mass is 10.1. The molecule has 0 amide bonds. The zero-order valence-electron chi connectivity index (χ0n) is 11.5. The van der Waals surface area contributed by atoms with Gasteiger partial charge < -0.3 is 10.1 Å². The van der Waals surface area contributed by atoms with Gasteiger partial charge in [0.1, 0.15) is 18.2 Å². The highest BCUT2D eigenvalue weighted by atomic mass is 35.5. The molecule has 0 saturated heterocycles. The minimum atomic E-state index is -0.344. The van der Waals surface area contributed by atoms with Gasteiger partial charge in [0.05, 0.1) is 11.6 Å². The van der Waals surface area contributed by atoms with Crippen molar-refractivity contribution in [2.45, 2.75) is 13.2 Å². The van der Waals surface area contributed by atoms with Gasteiger partial charge in [0.25, 0.3) is 0 Å². The summed E-state index contributed by atoms with van der Waals surface area (Å²) in [5.41, 5.74) is 2.04. The van der Waals surface area contributed by atoms with Gasteiger partial charge >= 0.3 is 0 Å². The fourth-order valence-corrected chi connectivity index (χ4v) is 2.14. The Bertz CT molecular complexity index is 682. The molecule has 2 aromatic rings. The number of hydrogen-bond donors (Lipinski definition) is 1. The van der Waals surface area contributed by atoms with Crippen molar-refractivity contribution in [3.63, 3.8) is 0 Å². The van der Waals surface area contributed by atoms with E-state index in [0.717, 1.165) is 11.1 Å².